The van der Waals surface area contributed by atoms with Crippen LogP contribution in [-0.2, 0) is 9.47 Å². The van der Waals surface area contributed by atoms with Crippen molar-refractivity contribution in [3.63, 3.8) is 0 Å². The number of carbonyl (C=O) groups excluding carboxylic acids is 2. The first-order valence-corrected chi connectivity index (χ1v) is 7.75. The Morgan fingerprint density at radius 1 is 1.43 bits per heavy atom. The van der Waals surface area contributed by atoms with Crippen molar-refractivity contribution in [1.29, 1.82) is 0 Å². The standard InChI is InChI=1S/C16H28N2O5/c1-6-10-22-14(20)18-9-7-8-16(21,12-18)11-17(5)13(19)23-15(2,3)4/h6,21H,1,7-12H2,2-5H3. The van der Waals surface area contributed by atoms with Crippen LogP contribution in [0.3, 0.4) is 0 Å². The summed E-state index contributed by atoms with van der Waals surface area (Å²) < 4.78 is 10.3. The van der Waals surface area contributed by atoms with Gasteiger partial charge < -0.3 is 24.4 Å². The van der Waals surface area contributed by atoms with Gasteiger partial charge >= 0.3 is 12.2 Å². The lowest BCUT2D eigenvalue weighted by atomic mass is 9.92. The van der Waals surface area contributed by atoms with Crippen molar-refractivity contribution in [2.24, 2.45) is 0 Å². The van der Waals surface area contributed by atoms with Gasteiger partial charge in [0.15, 0.2) is 0 Å². The van der Waals surface area contributed by atoms with Gasteiger partial charge in [-0.15, -0.1) is 0 Å². The van der Waals surface area contributed by atoms with E-state index >= 15 is 0 Å². The van der Waals surface area contributed by atoms with Gasteiger partial charge in [-0.05, 0) is 33.6 Å². The van der Waals surface area contributed by atoms with Crippen molar-refractivity contribution in [1.82, 2.24) is 9.80 Å². The summed E-state index contributed by atoms with van der Waals surface area (Å²) in [6.07, 6.45) is 1.65. The maximum Gasteiger partial charge on any atom is 0.410 e. The zero-order valence-corrected chi connectivity index (χ0v) is 14.5. The molecule has 0 aromatic heterocycles. The Bertz CT molecular complexity index is 446. The van der Waals surface area contributed by atoms with Crippen molar-refractivity contribution in [2.75, 3.05) is 33.3 Å². The Morgan fingerprint density at radius 3 is 2.65 bits per heavy atom. The molecule has 1 aliphatic heterocycles. The fourth-order valence-corrected chi connectivity index (χ4v) is 2.46. The van der Waals surface area contributed by atoms with Gasteiger partial charge in [-0.1, -0.05) is 12.7 Å². The number of likely N-dealkylation sites (N-methyl/N-ethyl adjacent to an activating group) is 1. The SMILES string of the molecule is C=CCOC(=O)N1CCCC(O)(CN(C)C(=O)OC(C)(C)C)C1. The minimum absolute atomic E-state index is 0.0904. The van der Waals surface area contributed by atoms with E-state index in [0.29, 0.717) is 19.4 Å². The Balaban J connectivity index is 2.61. The molecule has 0 aromatic carbocycles. The summed E-state index contributed by atoms with van der Waals surface area (Å²) in [5.41, 5.74) is -1.77. The lowest BCUT2D eigenvalue weighted by Crippen LogP contribution is -2.56. The summed E-state index contributed by atoms with van der Waals surface area (Å²) in [6.45, 7) is 9.70. The van der Waals surface area contributed by atoms with Gasteiger partial charge in [0, 0.05) is 13.6 Å². The van der Waals surface area contributed by atoms with Crippen LogP contribution < -0.4 is 0 Å². The first kappa shape index (κ1) is 19.3. The largest absolute Gasteiger partial charge is 0.445 e. The molecule has 1 unspecified atom stereocenters. The highest BCUT2D eigenvalue weighted by atomic mass is 16.6. The molecule has 7 heteroatoms. The Kier molecular flexibility index (Phi) is 6.44. The van der Waals surface area contributed by atoms with E-state index in [4.69, 9.17) is 9.47 Å². The van der Waals surface area contributed by atoms with Crippen LogP contribution in [0.4, 0.5) is 9.59 Å². The summed E-state index contributed by atoms with van der Waals surface area (Å²) >= 11 is 0. The molecular weight excluding hydrogens is 300 g/mol. The van der Waals surface area contributed by atoms with Crippen LogP contribution in [0.15, 0.2) is 12.7 Å². The van der Waals surface area contributed by atoms with E-state index in [1.165, 1.54) is 15.9 Å². The number of rotatable bonds is 4. The second-order valence-corrected chi connectivity index (χ2v) is 6.95. The maximum absolute atomic E-state index is 12.0. The molecule has 1 aliphatic rings. The Labute approximate surface area is 137 Å². The molecule has 0 spiro atoms. The molecule has 2 amide bonds. The van der Waals surface area contributed by atoms with Crippen LogP contribution in [0.25, 0.3) is 0 Å². The van der Waals surface area contributed by atoms with Gasteiger partial charge in [0.2, 0.25) is 0 Å². The molecule has 1 rings (SSSR count). The van der Waals surface area contributed by atoms with Gasteiger partial charge in [-0.25, -0.2) is 9.59 Å². The van der Waals surface area contributed by atoms with E-state index in [1.807, 2.05) is 0 Å². The molecule has 1 saturated heterocycles. The third-order valence-corrected chi connectivity index (χ3v) is 3.37. The van der Waals surface area contributed by atoms with Crippen LogP contribution in [0.5, 0.6) is 0 Å². The average molecular weight is 328 g/mol. The smallest absolute Gasteiger partial charge is 0.410 e. The summed E-state index contributed by atoms with van der Waals surface area (Å²) in [4.78, 5) is 26.7. The third kappa shape index (κ3) is 6.48. The Hall–Kier alpha value is -1.76. The number of carbonyl (C=O) groups is 2. The lowest BCUT2D eigenvalue weighted by Gasteiger charge is -2.40. The van der Waals surface area contributed by atoms with E-state index in [2.05, 4.69) is 6.58 Å². The number of nitrogens with zero attached hydrogens (tertiary/aromatic N) is 2. The quantitative estimate of drug-likeness (QED) is 0.799. The van der Waals surface area contributed by atoms with Crippen LogP contribution in [-0.4, -0.2) is 71.6 Å². The minimum atomic E-state index is -1.17. The van der Waals surface area contributed by atoms with E-state index in [1.54, 1.807) is 27.8 Å². The van der Waals surface area contributed by atoms with E-state index in [0.717, 1.165) is 0 Å². The van der Waals surface area contributed by atoms with Gasteiger partial charge in [0.1, 0.15) is 17.8 Å². The van der Waals surface area contributed by atoms with Crippen molar-refractivity contribution in [3.8, 4) is 0 Å². The summed E-state index contributed by atoms with van der Waals surface area (Å²) in [6, 6.07) is 0. The van der Waals surface area contributed by atoms with Crippen LogP contribution >= 0.6 is 0 Å². The molecule has 0 aromatic rings. The summed E-state index contributed by atoms with van der Waals surface area (Å²) in [7, 11) is 1.57. The number of likely N-dealkylation sites (tertiary alicyclic amines) is 1. The molecule has 7 nitrogen and oxygen atoms in total. The predicted molar refractivity (Wildman–Crippen MR) is 86.2 cm³/mol. The third-order valence-electron chi connectivity index (χ3n) is 3.37. The highest BCUT2D eigenvalue weighted by molar-refractivity contribution is 5.69. The monoisotopic (exact) mass is 328 g/mol. The zero-order chi connectivity index (χ0) is 17.7. The highest BCUT2D eigenvalue weighted by Crippen LogP contribution is 2.23. The normalized spacial score (nSPS) is 21.5. The van der Waals surface area contributed by atoms with Crippen LogP contribution in [0.1, 0.15) is 33.6 Å². The molecule has 1 atom stereocenters. The van der Waals surface area contributed by atoms with Crippen molar-refractivity contribution in [3.05, 3.63) is 12.7 Å². The van der Waals surface area contributed by atoms with E-state index in [9.17, 15) is 14.7 Å². The number of amides is 2. The average Bonchev–Trinajstić information content (AvgIpc) is 2.42. The molecule has 0 bridgehead atoms. The number of ether oxygens (including phenoxy) is 2. The van der Waals surface area contributed by atoms with Gasteiger partial charge in [0.05, 0.1) is 13.1 Å². The molecule has 0 radical (unpaired) electrons. The second kappa shape index (κ2) is 7.68. The number of hydrogen-bond acceptors (Lipinski definition) is 5. The highest BCUT2D eigenvalue weighted by Gasteiger charge is 2.38. The first-order chi connectivity index (χ1) is 10.6. The second-order valence-electron chi connectivity index (χ2n) is 6.95. The molecule has 23 heavy (non-hydrogen) atoms. The molecule has 1 fully saturated rings. The molecule has 0 saturated carbocycles. The molecule has 1 heterocycles. The maximum atomic E-state index is 12.0. The summed E-state index contributed by atoms with van der Waals surface area (Å²) in [5.74, 6) is 0. The van der Waals surface area contributed by atoms with Crippen LogP contribution in [0, 0.1) is 0 Å². The van der Waals surface area contributed by atoms with Crippen LogP contribution in [0.2, 0.25) is 0 Å². The molecule has 132 valence electrons. The van der Waals surface area contributed by atoms with Gasteiger partial charge in [-0.2, -0.15) is 0 Å². The van der Waals surface area contributed by atoms with Crippen molar-refractivity contribution < 1.29 is 24.2 Å². The number of piperidine rings is 1. The van der Waals surface area contributed by atoms with Gasteiger partial charge in [0.25, 0.3) is 0 Å². The molecule has 1 N–H and O–H groups in total. The predicted octanol–water partition coefficient (Wildman–Crippen LogP) is 2.00. The lowest BCUT2D eigenvalue weighted by molar-refractivity contribution is -0.0507. The fraction of sp³-hybridized carbons (Fsp3) is 0.750. The molecular formula is C16H28N2O5. The van der Waals surface area contributed by atoms with Gasteiger partial charge in [-0.3, -0.25) is 0 Å². The topological polar surface area (TPSA) is 79.3 Å². The Morgan fingerprint density at radius 2 is 2.09 bits per heavy atom. The van der Waals surface area contributed by atoms with Crippen molar-refractivity contribution in [2.45, 2.75) is 44.8 Å². The minimum Gasteiger partial charge on any atom is -0.445 e. The number of aliphatic hydroxyl groups is 1. The molecule has 0 aliphatic carbocycles. The van der Waals surface area contributed by atoms with E-state index in [-0.39, 0.29) is 19.7 Å². The number of β-amino-alcohol motifs (C(OH)–C–C–N with tert-alkyl or cyclic N) is 1. The van der Waals surface area contributed by atoms with E-state index < -0.39 is 23.4 Å². The first-order valence-electron chi connectivity index (χ1n) is 7.75. The zero-order valence-electron chi connectivity index (χ0n) is 14.5. The summed E-state index contributed by atoms with van der Waals surface area (Å²) in [5, 5.41) is 10.7. The number of hydrogen-bond donors (Lipinski definition) is 1. The van der Waals surface area contributed by atoms with Crippen molar-refractivity contribution >= 4 is 12.2 Å². The fourth-order valence-electron chi connectivity index (χ4n) is 2.46.